The van der Waals surface area contributed by atoms with E-state index in [1.807, 2.05) is 22.6 Å². The van der Waals surface area contributed by atoms with Crippen molar-refractivity contribution >= 4 is 22.6 Å². The predicted octanol–water partition coefficient (Wildman–Crippen LogP) is 0.721. The van der Waals surface area contributed by atoms with Crippen LogP contribution in [-0.2, 0) is 6.54 Å². The lowest BCUT2D eigenvalue weighted by atomic mass is 10.2. The Balaban J connectivity index is 2.63. The van der Waals surface area contributed by atoms with Crippen LogP contribution in [0.15, 0.2) is 18.2 Å². The van der Waals surface area contributed by atoms with Crippen molar-refractivity contribution in [3.63, 3.8) is 0 Å². The highest BCUT2D eigenvalue weighted by molar-refractivity contribution is 14.1. The lowest BCUT2D eigenvalue weighted by Crippen LogP contribution is -2.44. The van der Waals surface area contributed by atoms with Crippen LogP contribution < -0.4 is 16.8 Å². The minimum absolute atomic E-state index is 0.207. The Hall–Kier alpha value is -0.240. The number of hydrogen-bond donors (Lipinski definition) is 3. The van der Waals surface area contributed by atoms with E-state index in [9.17, 15) is 4.39 Å². The average Bonchev–Trinajstić information content (AvgIpc) is 2.07. The van der Waals surface area contributed by atoms with Crippen LogP contribution in [0.2, 0.25) is 0 Å². The molecule has 0 aliphatic heterocycles. The molecular formula is C8H11FIN3. The summed E-state index contributed by atoms with van der Waals surface area (Å²) in [7, 11) is 0. The van der Waals surface area contributed by atoms with E-state index in [2.05, 4.69) is 5.32 Å². The molecule has 5 N–H and O–H groups in total. The first-order chi connectivity index (χ1) is 6.09. The number of halogens is 2. The highest BCUT2D eigenvalue weighted by atomic mass is 127. The summed E-state index contributed by atoms with van der Waals surface area (Å²) >= 11 is 1.94. The van der Waals surface area contributed by atoms with Crippen molar-refractivity contribution in [3.05, 3.63) is 33.1 Å². The van der Waals surface area contributed by atoms with Crippen molar-refractivity contribution in [2.75, 3.05) is 0 Å². The molecular weight excluding hydrogens is 283 g/mol. The fourth-order valence-electron chi connectivity index (χ4n) is 0.885. The maximum atomic E-state index is 12.8. The standard InChI is InChI=1S/C8H11FIN3/c9-6-2-1-5(3-7(6)10)4-13-8(11)12/h1-3,8,13H,4,11-12H2/i9-1. The SMILES string of the molecule is NC(N)NCc1ccc([18F])c(I)c1. The van der Waals surface area contributed by atoms with Crippen LogP contribution in [0.4, 0.5) is 4.39 Å². The fraction of sp³-hybridized carbons (Fsp3) is 0.250. The van der Waals surface area contributed by atoms with E-state index >= 15 is 0 Å². The van der Waals surface area contributed by atoms with E-state index in [-0.39, 0.29) is 5.82 Å². The molecule has 1 aromatic carbocycles. The molecule has 0 bridgehead atoms. The lowest BCUT2D eigenvalue weighted by molar-refractivity contribution is 0.543. The maximum Gasteiger partial charge on any atom is 0.136 e. The van der Waals surface area contributed by atoms with Gasteiger partial charge in [-0.3, -0.25) is 5.32 Å². The molecule has 0 radical (unpaired) electrons. The molecule has 13 heavy (non-hydrogen) atoms. The van der Waals surface area contributed by atoms with Gasteiger partial charge in [-0.25, -0.2) is 4.39 Å². The fourth-order valence-corrected chi connectivity index (χ4v) is 1.47. The van der Waals surface area contributed by atoms with Gasteiger partial charge in [-0.1, -0.05) is 6.07 Å². The molecule has 0 aliphatic carbocycles. The molecule has 0 unspecified atom stereocenters. The molecule has 0 spiro atoms. The molecule has 5 heteroatoms. The van der Waals surface area contributed by atoms with E-state index in [1.165, 1.54) is 6.07 Å². The Kier molecular flexibility index (Phi) is 4.04. The molecule has 1 rings (SSSR count). The van der Waals surface area contributed by atoms with Crippen molar-refractivity contribution in [1.29, 1.82) is 0 Å². The summed E-state index contributed by atoms with van der Waals surface area (Å²) in [5.41, 5.74) is 11.6. The third-order valence-electron chi connectivity index (χ3n) is 1.53. The first kappa shape index (κ1) is 10.8. The third kappa shape index (κ3) is 3.55. The van der Waals surface area contributed by atoms with E-state index < -0.39 is 6.29 Å². The van der Waals surface area contributed by atoms with Gasteiger partial charge in [0.05, 0.1) is 0 Å². The Morgan fingerprint density at radius 2 is 2.15 bits per heavy atom. The second-order valence-corrected chi connectivity index (χ2v) is 3.82. The number of nitrogens with two attached hydrogens (primary N) is 2. The average molecular weight is 294 g/mol. The van der Waals surface area contributed by atoms with Crippen LogP contribution in [-0.4, -0.2) is 6.29 Å². The van der Waals surface area contributed by atoms with Gasteiger partial charge in [-0.05, 0) is 40.3 Å². The van der Waals surface area contributed by atoms with Crippen molar-refractivity contribution in [1.82, 2.24) is 5.32 Å². The maximum absolute atomic E-state index is 12.8. The van der Waals surface area contributed by atoms with Crippen LogP contribution in [0, 0.1) is 9.39 Å². The molecule has 0 atom stereocenters. The van der Waals surface area contributed by atoms with Gasteiger partial charge in [0.1, 0.15) is 12.1 Å². The first-order valence-electron chi connectivity index (χ1n) is 3.78. The van der Waals surface area contributed by atoms with Gasteiger partial charge in [0.15, 0.2) is 0 Å². The van der Waals surface area contributed by atoms with Gasteiger partial charge < -0.3 is 11.5 Å². The van der Waals surface area contributed by atoms with Crippen LogP contribution in [0.5, 0.6) is 0 Å². The first-order valence-corrected chi connectivity index (χ1v) is 4.86. The van der Waals surface area contributed by atoms with Crippen molar-refractivity contribution < 1.29 is 4.39 Å². The Bertz CT molecular complexity index is 291. The minimum Gasteiger partial charge on any atom is -0.304 e. The quantitative estimate of drug-likeness (QED) is 0.568. The highest BCUT2D eigenvalue weighted by Gasteiger charge is 2.00. The Morgan fingerprint density at radius 1 is 1.46 bits per heavy atom. The summed E-state index contributed by atoms with van der Waals surface area (Å²) in [6.45, 7) is 0.550. The summed E-state index contributed by atoms with van der Waals surface area (Å²) in [6.07, 6.45) is -0.539. The van der Waals surface area contributed by atoms with Gasteiger partial charge in [-0.15, -0.1) is 0 Å². The second-order valence-electron chi connectivity index (χ2n) is 2.66. The van der Waals surface area contributed by atoms with Gasteiger partial charge in [0, 0.05) is 10.1 Å². The summed E-state index contributed by atoms with van der Waals surface area (Å²) in [4.78, 5) is 0. The monoisotopic (exact) mass is 294 g/mol. The number of benzene rings is 1. The lowest BCUT2D eigenvalue weighted by Gasteiger charge is -2.08. The van der Waals surface area contributed by atoms with Crippen molar-refractivity contribution in [2.24, 2.45) is 11.5 Å². The van der Waals surface area contributed by atoms with E-state index in [4.69, 9.17) is 11.5 Å². The van der Waals surface area contributed by atoms with E-state index in [0.717, 1.165) is 5.56 Å². The van der Waals surface area contributed by atoms with Crippen LogP contribution in [0.25, 0.3) is 0 Å². The smallest absolute Gasteiger partial charge is 0.136 e. The zero-order valence-electron chi connectivity index (χ0n) is 6.93. The number of nitrogens with one attached hydrogen (secondary N) is 1. The van der Waals surface area contributed by atoms with Crippen LogP contribution >= 0.6 is 22.6 Å². The summed E-state index contributed by atoms with van der Waals surface area (Å²) in [5, 5.41) is 2.84. The molecule has 0 saturated heterocycles. The largest absolute Gasteiger partial charge is 0.304 e. The third-order valence-corrected chi connectivity index (χ3v) is 2.35. The zero-order valence-corrected chi connectivity index (χ0v) is 9.08. The van der Waals surface area contributed by atoms with Gasteiger partial charge >= 0.3 is 0 Å². The summed E-state index contributed by atoms with van der Waals surface area (Å²) in [6, 6.07) is 4.89. The second kappa shape index (κ2) is 4.85. The molecule has 0 amide bonds. The molecule has 0 aromatic heterocycles. The summed E-state index contributed by atoms with van der Waals surface area (Å²) < 4.78 is 13.4. The molecule has 0 saturated carbocycles. The van der Waals surface area contributed by atoms with E-state index in [0.29, 0.717) is 10.1 Å². The zero-order chi connectivity index (χ0) is 9.84. The van der Waals surface area contributed by atoms with Crippen LogP contribution in [0.1, 0.15) is 5.56 Å². The topological polar surface area (TPSA) is 64.1 Å². The Morgan fingerprint density at radius 3 is 2.69 bits per heavy atom. The van der Waals surface area contributed by atoms with Gasteiger partial charge in [-0.2, -0.15) is 0 Å². The highest BCUT2D eigenvalue weighted by Crippen LogP contribution is 2.12. The van der Waals surface area contributed by atoms with Crippen molar-refractivity contribution in [2.45, 2.75) is 12.8 Å². The van der Waals surface area contributed by atoms with Crippen molar-refractivity contribution in [3.8, 4) is 0 Å². The molecule has 0 fully saturated rings. The molecule has 0 heterocycles. The van der Waals surface area contributed by atoms with Crippen LogP contribution in [0.3, 0.4) is 0 Å². The Labute approximate surface area is 89.8 Å². The number of hydrogen-bond acceptors (Lipinski definition) is 3. The van der Waals surface area contributed by atoms with E-state index in [1.54, 1.807) is 12.1 Å². The molecule has 0 aliphatic rings. The van der Waals surface area contributed by atoms with Gasteiger partial charge in [0.25, 0.3) is 0 Å². The number of rotatable bonds is 3. The molecule has 1 aromatic rings. The minimum atomic E-state index is -0.539. The molecule has 72 valence electrons. The summed E-state index contributed by atoms with van der Waals surface area (Å²) in [5.74, 6) is -0.207. The molecule has 3 nitrogen and oxygen atoms in total. The predicted molar refractivity (Wildman–Crippen MR) is 58.1 cm³/mol. The normalized spacial score (nSPS) is 10.8. The van der Waals surface area contributed by atoms with Gasteiger partial charge in [0.2, 0.25) is 0 Å².